The summed E-state index contributed by atoms with van der Waals surface area (Å²) in [5.41, 5.74) is 6.91. The average molecular weight is 942 g/mol. The second-order valence-electron chi connectivity index (χ2n) is 18.7. The number of likely N-dealkylation sites (tertiary alicyclic amines) is 1. The molecule has 3 aromatic carbocycles. The standard InChI is InChI=1S/C53H63N7O9/c1-33-20-39-27-56-44-25-48(47(66-5)24-42(44)52(64)59(39)30-33)68-19-11-7-10-18-67-46-26-45-43(22-35(46)3)50(54)58-29-34(2)21-40(58)31-60(45)53(65)69-32-37-13-15-38(16-14-37)55-28-41(61)12-8-6-9-17-57-49(62)23-36(4)51(57)63/h13-16,20-22,24-27,36,39-40,54-55H,6-12,17-19,23,28-32H2,1-5H3/t36?,39-,40-/m0/s1. The molecule has 1 unspecified atom stereocenters. The molecule has 3 aromatic rings. The van der Waals surface area contributed by atoms with Gasteiger partial charge in [-0.05, 0) is 88.3 Å². The third kappa shape index (κ3) is 11.2. The molecule has 4 amide bonds. The number of methoxy groups -OCH3 is 1. The van der Waals surface area contributed by atoms with Crippen LogP contribution in [0.3, 0.4) is 0 Å². The fraction of sp³-hybridized carbons (Fsp3) is 0.453. The molecule has 16 nitrogen and oxygen atoms in total. The molecule has 1 saturated heterocycles. The Morgan fingerprint density at radius 3 is 2.29 bits per heavy atom. The van der Waals surface area contributed by atoms with Crippen molar-refractivity contribution in [1.29, 1.82) is 5.41 Å². The number of hydrogen-bond donors (Lipinski definition) is 2. The number of nitrogens with zero attached hydrogens (tertiary/aromatic N) is 5. The molecule has 5 aliphatic rings. The molecule has 3 atom stereocenters. The molecule has 1 fully saturated rings. The van der Waals surface area contributed by atoms with Crippen LogP contribution in [0.4, 0.5) is 21.9 Å². The highest BCUT2D eigenvalue weighted by molar-refractivity contribution is 6.07. The summed E-state index contributed by atoms with van der Waals surface area (Å²) in [5.74, 6) is 1.52. The fourth-order valence-corrected chi connectivity index (χ4v) is 9.49. The molecule has 16 heteroatoms. The molecular formula is C53H63N7O9. The first-order chi connectivity index (χ1) is 33.3. The summed E-state index contributed by atoms with van der Waals surface area (Å²) in [6.07, 6.45) is 10.6. The molecule has 364 valence electrons. The molecular weight excluding hydrogens is 879 g/mol. The number of ether oxygens (including phenoxy) is 4. The molecule has 5 aliphatic heterocycles. The molecule has 0 aliphatic carbocycles. The van der Waals surface area contributed by atoms with E-state index in [1.165, 1.54) is 4.90 Å². The van der Waals surface area contributed by atoms with Gasteiger partial charge in [0.1, 0.15) is 18.2 Å². The summed E-state index contributed by atoms with van der Waals surface area (Å²) in [6, 6.07) is 14.3. The number of fused-ring (bicyclic) bond motifs is 4. The third-order valence-electron chi connectivity index (χ3n) is 13.3. The number of rotatable bonds is 20. The van der Waals surface area contributed by atoms with Gasteiger partial charge in [0.2, 0.25) is 11.8 Å². The number of hydrogen-bond acceptors (Lipinski definition) is 12. The minimum absolute atomic E-state index is 0.0284. The summed E-state index contributed by atoms with van der Waals surface area (Å²) < 4.78 is 24.0. The monoisotopic (exact) mass is 941 g/mol. The molecule has 8 rings (SSSR count). The number of benzene rings is 3. The molecule has 0 saturated carbocycles. The van der Waals surface area contributed by atoms with E-state index in [9.17, 15) is 29.4 Å². The largest absolute Gasteiger partial charge is 0.493 e. The van der Waals surface area contributed by atoms with Crippen molar-refractivity contribution in [3.05, 3.63) is 94.1 Å². The zero-order chi connectivity index (χ0) is 48.8. The number of nitrogens with one attached hydrogen (secondary N) is 2. The van der Waals surface area contributed by atoms with Crippen LogP contribution >= 0.6 is 0 Å². The van der Waals surface area contributed by atoms with Crippen LogP contribution in [-0.4, -0.2) is 121 Å². The Morgan fingerprint density at radius 2 is 1.55 bits per heavy atom. The lowest BCUT2D eigenvalue weighted by molar-refractivity contribution is -0.139. The van der Waals surface area contributed by atoms with Gasteiger partial charge >= 0.3 is 6.09 Å². The van der Waals surface area contributed by atoms with Crippen LogP contribution in [0.1, 0.15) is 99.2 Å². The van der Waals surface area contributed by atoms with Crippen molar-refractivity contribution < 1.29 is 42.9 Å². The molecule has 69 heavy (non-hydrogen) atoms. The lowest BCUT2D eigenvalue weighted by atomic mass is 10.1. The molecule has 0 spiro atoms. The lowest BCUT2D eigenvalue weighted by Crippen LogP contribution is -2.42. The smallest absolute Gasteiger partial charge is 0.414 e. The first kappa shape index (κ1) is 48.5. The first-order valence-electron chi connectivity index (χ1n) is 24.1. The van der Waals surface area contributed by atoms with Gasteiger partial charge in [-0.25, -0.2) is 4.79 Å². The molecule has 0 bridgehead atoms. The molecule has 2 N–H and O–H groups in total. The Balaban J connectivity index is 0.812. The van der Waals surface area contributed by atoms with E-state index in [1.807, 2.05) is 62.1 Å². The predicted octanol–water partition coefficient (Wildman–Crippen LogP) is 8.17. The molecule has 5 heterocycles. The van der Waals surface area contributed by atoms with E-state index in [1.54, 1.807) is 42.2 Å². The van der Waals surface area contributed by atoms with Crippen molar-refractivity contribution in [2.24, 2.45) is 10.9 Å². The summed E-state index contributed by atoms with van der Waals surface area (Å²) >= 11 is 0. The van der Waals surface area contributed by atoms with Crippen LogP contribution in [-0.2, 0) is 25.7 Å². The van der Waals surface area contributed by atoms with Crippen molar-refractivity contribution in [1.82, 2.24) is 14.7 Å². The number of imide groups is 1. The summed E-state index contributed by atoms with van der Waals surface area (Å²) in [5, 5.41) is 12.4. The van der Waals surface area contributed by atoms with Crippen molar-refractivity contribution in [2.75, 3.05) is 63.3 Å². The summed E-state index contributed by atoms with van der Waals surface area (Å²) in [4.78, 5) is 75.4. The maximum atomic E-state index is 14.0. The van der Waals surface area contributed by atoms with Gasteiger partial charge in [-0.1, -0.05) is 48.8 Å². The highest BCUT2D eigenvalue weighted by atomic mass is 16.6. The van der Waals surface area contributed by atoms with Gasteiger partial charge < -0.3 is 34.1 Å². The van der Waals surface area contributed by atoms with E-state index in [0.29, 0.717) is 104 Å². The normalized spacial score (nSPS) is 19.3. The minimum atomic E-state index is -0.531. The number of amidine groups is 1. The first-order valence-corrected chi connectivity index (χ1v) is 24.1. The summed E-state index contributed by atoms with van der Waals surface area (Å²) in [6.45, 7) is 10.7. The van der Waals surface area contributed by atoms with E-state index in [0.717, 1.165) is 53.6 Å². The number of unbranched alkanes of at least 4 members (excludes halogenated alkanes) is 4. The lowest BCUT2D eigenvalue weighted by Gasteiger charge is -2.26. The van der Waals surface area contributed by atoms with Crippen molar-refractivity contribution in [3.8, 4) is 17.2 Å². The Hall–Kier alpha value is -6.97. The zero-order valence-corrected chi connectivity index (χ0v) is 40.3. The third-order valence-corrected chi connectivity index (χ3v) is 13.3. The number of amides is 4. The van der Waals surface area contributed by atoms with E-state index in [2.05, 4.69) is 22.5 Å². The van der Waals surface area contributed by atoms with Crippen molar-refractivity contribution in [2.45, 2.75) is 97.8 Å². The van der Waals surface area contributed by atoms with Crippen molar-refractivity contribution >= 4 is 58.7 Å². The van der Waals surface area contributed by atoms with E-state index in [-0.39, 0.29) is 61.1 Å². The zero-order valence-electron chi connectivity index (χ0n) is 40.3. The number of anilines is 2. The van der Waals surface area contributed by atoms with Crippen LogP contribution in [0, 0.1) is 18.3 Å². The van der Waals surface area contributed by atoms with E-state index >= 15 is 0 Å². The maximum Gasteiger partial charge on any atom is 0.414 e. The second kappa shape index (κ2) is 21.5. The van der Waals surface area contributed by atoms with Crippen molar-refractivity contribution in [3.63, 3.8) is 0 Å². The number of carbonyl (C=O) groups is 5. The maximum absolute atomic E-state index is 14.0. The van der Waals surface area contributed by atoms with Crippen LogP contribution in [0.25, 0.3) is 0 Å². The Morgan fingerprint density at radius 1 is 0.826 bits per heavy atom. The Kier molecular flexibility index (Phi) is 15.1. The minimum Gasteiger partial charge on any atom is -0.493 e. The molecule has 0 aromatic heterocycles. The van der Waals surface area contributed by atoms with Crippen LogP contribution < -0.4 is 24.4 Å². The van der Waals surface area contributed by atoms with E-state index in [4.69, 9.17) is 18.9 Å². The molecule has 0 radical (unpaired) electrons. The highest BCUT2D eigenvalue weighted by Gasteiger charge is 2.38. The number of aliphatic imine (C=N–C) groups is 1. The summed E-state index contributed by atoms with van der Waals surface area (Å²) in [7, 11) is 1.56. The fourth-order valence-electron chi connectivity index (χ4n) is 9.49. The topological polar surface area (TPSA) is 183 Å². The average Bonchev–Trinajstić information content (AvgIpc) is 3.94. The van der Waals surface area contributed by atoms with Gasteiger partial charge in [0.25, 0.3) is 5.91 Å². The van der Waals surface area contributed by atoms with Crippen LogP contribution in [0.15, 0.2) is 76.8 Å². The second-order valence-corrected chi connectivity index (χ2v) is 18.7. The van der Waals surface area contributed by atoms with Gasteiger partial charge in [-0.15, -0.1) is 0 Å². The Bertz CT molecular complexity index is 2590. The Labute approximate surface area is 403 Å². The number of Topliss-reactive ketones (excluding diaryl/α,β-unsaturated/α-hetero) is 1. The van der Waals surface area contributed by atoms with Crippen LogP contribution in [0.5, 0.6) is 17.2 Å². The number of aryl methyl sites for hydroxylation is 1. The van der Waals surface area contributed by atoms with Gasteiger partial charge in [0, 0.05) is 68.0 Å². The SMILES string of the molecule is COc1cc2c(cc1OCCCCCOc1cc3c(cc1C)C(=N)N1CC(C)=C[C@H]1CN3C(=O)OCc1ccc(NCC(=O)CCCCCN3C(=O)CC(C)C3=O)cc1)N=C[C@@H]1C=C(C)CN1C2=O. The van der Waals surface area contributed by atoms with Gasteiger partial charge in [-0.2, -0.15) is 0 Å². The van der Waals surface area contributed by atoms with Gasteiger partial charge in [-0.3, -0.25) is 39.4 Å². The predicted molar refractivity (Wildman–Crippen MR) is 263 cm³/mol. The van der Waals surface area contributed by atoms with Gasteiger partial charge in [0.05, 0.1) is 62.4 Å². The highest BCUT2D eigenvalue weighted by Crippen LogP contribution is 2.39. The number of ketones is 1. The van der Waals surface area contributed by atoms with Gasteiger partial charge in [0.15, 0.2) is 17.3 Å². The van der Waals surface area contributed by atoms with Crippen LogP contribution in [0.2, 0.25) is 0 Å². The number of carbonyl (C=O) groups excluding carboxylic acids is 5. The quantitative estimate of drug-likeness (QED) is 0.0633. The van der Waals surface area contributed by atoms with E-state index < -0.39 is 6.09 Å².